The molecule has 0 aromatic carbocycles. The van der Waals surface area contributed by atoms with Gasteiger partial charge in [-0.2, -0.15) is 0 Å². The summed E-state index contributed by atoms with van der Waals surface area (Å²) < 4.78 is 0. The summed E-state index contributed by atoms with van der Waals surface area (Å²) in [6.07, 6.45) is 0.573. The first kappa shape index (κ1) is 10.0. The molecule has 1 aromatic rings. The summed E-state index contributed by atoms with van der Waals surface area (Å²) in [6, 6.07) is 3.72. The van der Waals surface area contributed by atoms with Gasteiger partial charge >= 0.3 is 0 Å². The van der Waals surface area contributed by atoms with Crippen LogP contribution in [0.5, 0.6) is 0 Å². The van der Waals surface area contributed by atoms with Gasteiger partial charge in [-0.05, 0) is 18.6 Å². The van der Waals surface area contributed by atoms with Crippen molar-refractivity contribution in [3.63, 3.8) is 0 Å². The van der Waals surface area contributed by atoms with Gasteiger partial charge in [0.15, 0.2) is 5.82 Å². The number of nitrogens with zero attached hydrogens (tertiary/aromatic N) is 2. The number of nitrogen functional groups attached to an aromatic ring is 1. The molecule has 0 aliphatic carbocycles. The first-order valence-corrected chi connectivity index (χ1v) is 5.08. The zero-order chi connectivity index (χ0) is 10.8. The van der Waals surface area contributed by atoms with E-state index in [2.05, 4.69) is 15.2 Å². The van der Waals surface area contributed by atoms with Crippen molar-refractivity contribution in [3.05, 3.63) is 12.1 Å². The van der Waals surface area contributed by atoms with Crippen molar-refractivity contribution in [2.45, 2.75) is 12.5 Å². The Morgan fingerprint density at radius 3 is 3.00 bits per heavy atom. The van der Waals surface area contributed by atoms with E-state index in [1.54, 1.807) is 7.05 Å². The van der Waals surface area contributed by atoms with Crippen LogP contribution in [0.1, 0.15) is 6.42 Å². The number of pyridine rings is 1. The van der Waals surface area contributed by atoms with E-state index in [9.17, 15) is 5.11 Å². The van der Waals surface area contributed by atoms with Gasteiger partial charge in [-0.3, -0.25) is 0 Å². The highest BCUT2D eigenvalue weighted by atomic mass is 16.3. The lowest BCUT2D eigenvalue weighted by Gasteiger charge is -2.17. The fraction of sp³-hybridized carbons (Fsp3) is 0.500. The molecule has 0 bridgehead atoms. The average molecular weight is 208 g/mol. The molecule has 1 aliphatic rings. The van der Waals surface area contributed by atoms with Gasteiger partial charge in [-0.15, -0.1) is 0 Å². The topological polar surface area (TPSA) is 74.4 Å². The van der Waals surface area contributed by atoms with E-state index in [0.717, 1.165) is 18.8 Å². The van der Waals surface area contributed by atoms with Crippen molar-refractivity contribution in [1.29, 1.82) is 0 Å². The molecule has 82 valence electrons. The van der Waals surface area contributed by atoms with E-state index in [-0.39, 0.29) is 6.10 Å². The Kier molecular flexibility index (Phi) is 2.64. The average Bonchev–Trinajstić information content (AvgIpc) is 2.66. The van der Waals surface area contributed by atoms with Crippen LogP contribution in [-0.2, 0) is 0 Å². The first-order valence-electron chi connectivity index (χ1n) is 5.08. The molecule has 5 nitrogen and oxygen atoms in total. The Balaban J connectivity index is 2.21. The summed E-state index contributed by atoms with van der Waals surface area (Å²) >= 11 is 0. The molecule has 1 unspecified atom stereocenters. The maximum absolute atomic E-state index is 9.43. The number of nitrogens with two attached hydrogens (primary N) is 1. The van der Waals surface area contributed by atoms with E-state index in [1.807, 2.05) is 12.1 Å². The summed E-state index contributed by atoms with van der Waals surface area (Å²) in [5.41, 5.74) is 6.37. The molecule has 0 saturated carbocycles. The lowest BCUT2D eigenvalue weighted by atomic mass is 10.3. The predicted molar refractivity (Wildman–Crippen MR) is 61.0 cm³/mol. The molecule has 1 saturated heterocycles. The lowest BCUT2D eigenvalue weighted by Crippen LogP contribution is -2.22. The minimum Gasteiger partial charge on any atom is -0.396 e. The third-order valence-corrected chi connectivity index (χ3v) is 2.64. The molecule has 2 heterocycles. The zero-order valence-corrected chi connectivity index (χ0v) is 8.77. The van der Waals surface area contributed by atoms with Crippen LogP contribution in [0.2, 0.25) is 0 Å². The predicted octanol–water partition coefficient (Wildman–Crippen LogP) is 0.276. The van der Waals surface area contributed by atoms with Crippen molar-refractivity contribution < 1.29 is 5.11 Å². The molecule has 0 amide bonds. The lowest BCUT2D eigenvalue weighted by molar-refractivity contribution is 0.198. The summed E-state index contributed by atoms with van der Waals surface area (Å²) in [6.45, 7) is 1.50. The Bertz CT molecular complexity index is 355. The van der Waals surface area contributed by atoms with Crippen LogP contribution >= 0.6 is 0 Å². The molecule has 1 aliphatic heterocycles. The molecular formula is C10H16N4O. The molecule has 1 aromatic heterocycles. The number of hydrogen-bond acceptors (Lipinski definition) is 5. The van der Waals surface area contributed by atoms with Crippen LogP contribution in [0.3, 0.4) is 0 Å². The van der Waals surface area contributed by atoms with E-state index < -0.39 is 0 Å². The number of hydrogen-bond donors (Lipinski definition) is 3. The van der Waals surface area contributed by atoms with Gasteiger partial charge in [0.25, 0.3) is 0 Å². The third-order valence-electron chi connectivity index (χ3n) is 2.64. The van der Waals surface area contributed by atoms with E-state index in [1.165, 1.54) is 0 Å². The second-order valence-corrected chi connectivity index (χ2v) is 3.75. The summed E-state index contributed by atoms with van der Waals surface area (Å²) in [5, 5.41) is 12.4. The standard InChI is InChI=1S/C10H16N4O/c1-12-10-8(11)2-3-9(13-10)14-5-4-7(15)6-14/h2-3,7,15H,4-6,11H2,1H3,(H,12,13). The number of rotatable bonds is 2. The number of nitrogens with one attached hydrogen (secondary N) is 1. The van der Waals surface area contributed by atoms with Gasteiger partial charge in [0.05, 0.1) is 11.8 Å². The van der Waals surface area contributed by atoms with Crippen LogP contribution in [-0.4, -0.2) is 36.3 Å². The number of aliphatic hydroxyl groups is 1. The zero-order valence-electron chi connectivity index (χ0n) is 8.77. The van der Waals surface area contributed by atoms with Gasteiger partial charge in [0.1, 0.15) is 5.82 Å². The van der Waals surface area contributed by atoms with Crippen molar-refractivity contribution in [1.82, 2.24) is 4.98 Å². The van der Waals surface area contributed by atoms with E-state index >= 15 is 0 Å². The van der Waals surface area contributed by atoms with Gasteiger partial charge in [-0.1, -0.05) is 0 Å². The quantitative estimate of drug-likeness (QED) is 0.651. The van der Waals surface area contributed by atoms with Gasteiger partial charge in [-0.25, -0.2) is 4.98 Å². The monoisotopic (exact) mass is 208 g/mol. The molecule has 1 fully saturated rings. The molecule has 5 heteroatoms. The Morgan fingerprint density at radius 1 is 1.60 bits per heavy atom. The van der Waals surface area contributed by atoms with E-state index in [4.69, 9.17) is 5.73 Å². The molecule has 0 radical (unpaired) electrons. The Morgan fingerprint density at radius 2 is 2.40 bits per heavy atom. The summed E-state index contributed by atoms with van der Waals surface area (Å²) in [7, 11) is 1.79. The van der Waals surface area contributed by atoms with Crippen molar-refractivity contribution in [2.24, 2.45) is 0 Å². The minimum absolute atomic E-state index is 0.234. The van der Waals surface area contributed by atoms with Gasteiger partial charge in [0, 0.05) is 20.1 Å². The van der Waals surface area contributed by atoms with E-state index in [0.29, 0.717) is 18.1 Å². The van der Waals surface area contributed by atoms with Gasteiger partial charge < -0.3 is 21.1 Å². The highest BCUT2D eigenvalue weighted by Crippen LogP contribution is 2.23. The maximum Gasteiger partial charge on any atom is 0.151 e. The van der Waals surface area contributed by atoms with Crippen LogP contribution in [0, 0.1) is 0 Å². The fourth-order valence-electron chi connectivity index (χ4n) is 1.79. The molecular weight excluding hydrogens is 192 g/mol. The van der Waals surface area contributed by atoms with Crippen molar-refractivity contribution in [3.8, 4) is 0 Å². The molecule has 1 atom stereocenters. The molecule has 2 rings (SSSR count). The van der Waals surface area contributed by atoms with Crippen molar-refractivity contribution in [2.75, 3.05) is 36.1 Å². The maximum atomic E-state index is 9.43. The minimum atomic E-state index is -0.234. The molecule has 0 spiro atoms. The smallest absolute Gasteiger partial charge is 0.151 e. The van der Waals surface area contributed by atoms with Crippen LogP contribution < -0.4 is 16.0 Å². The second kappa shape index (κ2) is 3.94. The SMILES string of the molecule is CNc1nc(N2CCC(O)C2)ccc1N. The number of anilines is 3. The Hall–Kier alpha value is -1.49. The van der Waals surface area contributed by atoms with Gasteiger partial charge in [0.2, 0.25) is 0 Å². The number of β-amino-alcohol motifs (C(OH)–C–C–N with tert-alkyl or cyclic N) is 1. The van der Waals surface area contributed by atoms with Crippen LogP contribution in [0.15, 0.2) is 12.1 Å². The van der Waals surface area contributed by atoms with Crippen LogP contribution in [0.25, 0.3) is 0 Å². The van der Waals surface area contributed by atoms with Crippen molar-refractivity contribution >= 4 is 17.3 Å². The van der Waals surface area contributed by atoms with Crippen LogP contribution in [0.4, 0.5) is 17.3 Å². The first-order chi connectivity index (χ1) is 7.20. The largest absolute Gasteiger partial charge is 0.396 e. The second-order valence-electron chi connectivity index (χ2n) is 3.75. The summed E-state index contributed by atoms with van der Waals surface area (Å²) in [4.78, 5) is 6.45. The fourth-order valence-corrected chi connectivity index (χ4v) is 1.79. The highest BCUT2D eigenvalue weighted by Gasteiger charge is 2.21. The summed E-state index contributed by atoms with van der Waals surface area (Å²) in [5.74, 6) is 1.55. The Labute approximate surface area is 88.9 Å². The number of aromatic nitrogens is 1. The number of aliphatic hydroxyl groups excluding tert-OH is 1. The highest BCUT2D eigenvalue weighted by molar-refractivity contribution is 5.64. The normalized spacial score (nSPS) is 20.7. The molecule has 4 N–H and O–H groups in total. The molecule has 15 heavy (non-hydrogen) atoms. The third kappa shape index (κ3) is 1.97.